The fourth-order valence-electron chi connectivity index (χ4n) is 0.880. The predicted molar refractivity (Wildman–Crippen MR) is 54.4 cm³/mol. The van der Waals surface area contributed by atoms with E-state index in [4.69, 9.17) is 23.2 Å². The molecular formula is C8H13F3N2O5S. The van der Waals surface area contributed by atoms with Crippen molar-refractivity contribution in [1.82, 2.24) is 4.57 Å². The van der Waals surface area contributed by atoms with Gasteiger partial charge in [0.15, 0.2) is 16.3 Å². The van der Waals surface area contributed by atoms with Crippen LogP contribution in [0.25, 0.3) is 0 Å². The number of rotatable bonds is 3. The van der Waals surface area contributed by atoms with E-state index in [1.54, 1.807) is 24.0 Å². The maximum Gasteiger partial charge on any atom is 0.485 e. The molecule has 112 valence electrons. The summed E-state index contributed by atoms with van der Waals surface area (Å²) in [5.74, 6) is 0. The van der Waals surface area contributed by atoms with Crippen molar-refractivity contribution in [1.29, 1.82) is 0 Å². The summed E-state index contributed by atoms with van der Waals surface area (Å²) in [4.78, 5) is 0. The Hall–Kier alpha value is -1.17. The first-order chi connectivity index (χ1) is 8.49. The minimum Gasteiger partial charge on any atom is -0.741 e. The highest BCUT2D eigenvalue weighted by molar-refractivity contribution is 7.86. The molecule has 0 spiro atoms. The van der Waals surface area contributed by atoms with Crippen LogP contribution in [0.15, 0.2) is 18.7 Å². The van der Waals surface area contributed by atoms with Crippen LogP contribution in [0.3, 0.4) is 0 Å². The topological polar surface area (TPSA) is 106 Å². The Kier molecular flexibility index (Phi) is 6.42. The lowest BCUT2D eigenvalue weighted by Crippen LogP contribution is -2.33. The van der Waals surface area contributed by atoms with Crippen molar-refractivity contribution in [2.45, 2.75) is 25.2 Å². The highest BCUT2D eigenvalue weighted by atomic mass is 32.2. The molecule has 0 aliphatic heterocycles. The van der Waals surface area contributed by atoms with E-state index in [1.165, 1.54) is 0 Å². The van der Waals surface area contributed by atoms with E-state index in [-0.39, 0.29) is 6.61 Å². The smallest absolute Gasteiger partial charge is 0.485 e. The van der Waals surface area contributed by atoms with Crippen molar-refractivity contribution in [2.75, 3.05) is 6.61 Å². The zero-order valence-corrected chi connectivity index (χ0v) is 10.6. The number of hydrogen-bond donors (Lipinski definition) is 2. The molecule has 2 N–H and O–H groups in total. The molecule has 7 nitrogen and oxygen atoms in total. The number of imidazole rings is 1. The molecule has 11 heteroatoms. The van der Waals surface area contributed by atoms with Gasteiger partial charge in [0.2, 0.25) is 6.33 Å². The zero-order valence-electron chi connectivity index (χ0n) is 9.78. The monoisotopic (exact) mass is 306 g/mol. The normalized spacial score (nSPS) is 13.6. The van der Waals surface area contributed by atoms with Gasteiger partial charge in [0.25, 0.3) is 0 Å². The van der Waals surface area contributed by atoms with Crippen LogP contribution in [0.1, 0.15) is 13.2 Å². The maximum absolute atomic E-state index is 10.7. The first kappa shape index (κ1) is 17.8. The molecule has 0 saturated carbocycles. The second-order valence-corrected chi connectivity index (χ2v) is 4.73. The number of nitrogens with zero attached hydrogens (tertiary/aromatic N) is 2. The molecule has 1 atom stereocenters. The van der Waals surface area contributed by atoms with Gasteiger partial charge in [-0.25, -0.2) is 17.6 Å². The van der Waals surface area contributed by atoms with E-state index in [2.05, 4.69) is 0 Å². The minimum atomic E-state index is -6.09. The number of halogens is 3. The van der Waals surface area contributed by atoms with E-state index in [9.17, 15) is 13.2 Å². The lowest BCUT2D eigenvalue weighted by Gasteiger charge is -2.08. The molecule has 1 aromatic rings. The summed E-state index contributed by atoms with van der Waals surface area (Å²) >= 11 is 0. The lowest BCUT2D eigenvalue weighted by molar-refractivity contribution is -0.697. The highest BCUT2D eigenvalue weighted by Gasteiger charge is 2.36. The van der Waals surface area contributed by atoms with Crippen LogP contribution in [-0.4, -0.2) is 39.9 Å². The minimum absolute atomic E-state index is 0.120. The highest BCUT2D eigenvalue weighted by Crippen LogP contribution is 2.20. The molecule has 0 bridgehead atoms. The second kappa shape index (κ2) is 6.84. The second-order valence-electron chi connectivity index (χ2n) is 3.35. The van der Waals surface area contributed by atoms with Crippen LogP contribution >= 0.6 is 0 Å². The van der Waals surface area contributed by atoms with Crippen molar-refractivity contribution < 1.29 is 40.9 Å². The third-order valence-electron chi connectivity index (χ3n) is 1.79. The van der Waals surface area contributed by atoms with Crippen LogP contribution in [0.4, 0.5) is 13.2 Å². The van der Waals surface area contributed by atoms with Gasteiger partial charge in [0.05, 0.1) is 6.61 Å². The quantitative estimate of drug-likeness (QED) is 0.437. The molecule has 0 aromatic carbocycles. The van der Waals surface area contributed by atoms with Gasteiger partial charge in [-0.15, -0.1) is 0 Å². The Bertz CT molecular complexity index is 483. The first-order valence-electron chi connectivity index (χ1n) is 4.86. The average Bonchev–Trinajstić information content (AvgIpc) is 2.64. The van der Waals surface area contributed by atoms with Gasteiger partial charge >= 0.3 is 5.51 Å². The van der Waals surface area contributed by atoms with E-state index in [1.807, 2.05) is 10.8 Å². The van der Waals surface area contributed by atoms with Crippen LogP contribution in [0.5, 0.6) is 0 Å². The summed E-state index contributed by atoms with van der Waals surface area (Å²) in [6, 6.07) is 0. The van der Waals surface area contributed by atoms with Gasteiger partial charge in [-0.1, -0.05) is 0 Å². The maximum atomic E-state index is 10.7. The summed E-state index contributed by atoms with van der Waals surface area (Å²) in [7, 11) is -6.09. The summed E-state index contributed by atoms with van der Waals surface area (Å²) in [5.41, 5.74) is -5.65. The van der Waals surface area contributed by atoms with E-state index >= 15 is 0 Å². The van der Waals surface area contributed by atoms with Crippen LogP contribution < -0.4 is 4.57 Å². The van der Waals surface area contributed by atoms with Gasteiger partial charge in [-0.05, 0) is 0 Å². The molecule has 0 saturated heterocycles. The summed E-state index contributed by atoms with van der Waals surface area (Å²) in [6.45, 7) is 2.37. The molecule has 1 heterocycles. The van der Waals surface area contributed by atoms with Gasteiger partial charge in [0.1, 0.15) is 18.9 Å². The Morgan fingerprint density at radius 1 is 1.47 bits per heavy atom. The molecular weight excluding hydrogens is 293 g/mol. The summed E-state index contributed by atoms with van der Waals surface area (Å²) in [6.07, 6.45) is 4.82. The van der Waals surface area contributed by atoms with Crippen LogP contribution in [-0.2, 0) is 16.7 Å². The molecule has 1 aromatic heterocycles. The van der Waals surface area contributed by atoms with Crippen LogP contribution in [0, 0.1) is 0 Å². The third-order valence-corrected chi connectivity index (χ3v) is 2.35. The van der Waals surface area contributed by atoms with Crippen molar-refractivity contribution in [3.05, 3.63) is 18.7 Å². The molecule has 1 rings (SSSR count). The van der Waals surface area contributed by atoms with Crippen LogP contribution in [0.2, 0.25) is 0 Å². The van der Waals surface area contributed by atoms with Gasteiger partial charge in [0, 0.05) is 6.92 Å². The molecule has 0 aliphatic rings. The fourth-order valence-corrected chi connectivity index (χ4v) is 0.880. The Balaban J connectivity index is 0.000000362. The van der Waals surface area contributed by atoms with Gasteiger partial charge in [-0.3, -0.25) is 0 Å². The number of aliphatic hydroxyl groups is 2. The van der Waals surface area contributed by atoms with E-state index < -0.39 is 21.9 Å². The third kappa shape index (κ3) is 6.52. The largest absolute Gasteiger partial charge is 0.741 e. The van der Waals surface area contributed by atoms with Crippen molar-refractivity contribution >= 4 is 10.1 Å². The number of aliphatic hydroxyl groups excluding tert-OH is 2. The molecule has 0 aliphatic carbocycles. The van der Waals surface area contributed by atoms with E-state index in [0.29, 0.717) is 6.54 Å². The summed E-state index contributed by atoms with van der Waals surface area (Å²) in [5, 5.41) is 17.7. The standard InChI is InChI=1S/C7H13N2O2.CHF3O3S/c1-7(11)9-3-2-8(6-9)4-5-10;2-1(3,4)8(5,6)7/h2-3,6-7,10-11H,4-5H2,1H3;(H,5,6,7)/q+1;/p-1. The molecule has 1 unspecified atom stereocenters. The zero-order chi connectivity index (χ0) is 15.3. The predicted octanol–water partition coefficient (Wildman–Crippen LogP) is -0.670. The fraction of sp³-hybridized carbons (Fsp3) is 0.625. The lowest BCUT2D eigenvalue weighted by atomic mass is 10.6. The SMILES string of the molecule is CC(O)n1cc[n+](CCO)c1.O=S(=O)([O-])C(F)(F)F. The first-order valence-corrected chi connectivity index (χ1v) is 6.27. The van der Waals surface area contributed by atoms with Gasteiger partial charge < -0.3 is 14.8 Å². The molecule has 0 amide bonds. The number of aromatic nitrogens is 2. The summed E-state index contributed by atoms with van der Waals surface area (Å²) < 4.78 is 62.4. The average molecular weight is 306 g/mol. The number of alkyl halides is 3. The Morgan fingerprint density at radius 2 is 1.95 bits per heavy atom. The van der Waals surface area contributed by atoms with Crippen molar-refractivity contribution in [3.8, 4) is 0 Å². The molecule has 19 heavy (non-hydrogen) atoms. The van der Waals surface area contributed by atoms with Crippen molar-refractivity contribution in [3.63, 3.8) is 0 Å². The Labute approximate surface area is 107 Å². The van der Waals surface area contributed by atoms with Gasteiger partial charge in [-0.2, -0.15) is 13.2 Å². The Morgan fingerprint density at radius 3 is 2.21 bits per heavy atom. The van der Waals surface area contributed by atoms with Crippen molar-refractivity contribution in [2.24, 2.45) is 0 Å². The number of hydrogen-bond acceptors (Lipinski definition) is 5. The van der Waals surface area contributed by atoms with E-state index in [0.717, 1.165) is 0 Å². The molecule has 0 radical (unpaired) electrons. The molecule has 0 fully saturated rings.